The van der Waals surface area contributed by atoms with Crippen molar-refractivity contribution in [3.05, 3.63) is 30.1 Å². The third kappa shape index (κ3) is 2.43. The summed E-state index contributed by atoms with van der Waals surface area (Å²) in [5.41, 5.74) is 2.58. The summed E-state index contributed by atoms with van der Waals surface area (Å²) in [4.78, 5) is 18.1. The molecule has 1 aromatic heterocycles. The first-order chi connectivity index (χ1) is 8.13. The second kappa shape index (κ2) is 5.03. The van der Waals surface area contributed by atoms with E-state index in [1.807, 2.05) is 28.0 Å². The van der Waals surface area contributed by atoms with Crippen molar-refractivity contribution in [2.24, 2.45) is 0 Å². The summed E-state index contributed by atoms with van der Waals surface area (Å²) in [6.07, 6.45) is 2.71. The Balaban J connectivity index is 2.33. The Hall–Kier alpha value is -1.11. The summed E-state index contributed by atoms with van der Waals surface area (Å²) >= 11 is 2.17. The van der Waals surface area contributed by atoms with Crippen molar-refractivity contribution in [1.82, 2.24) is 12.7 Å². The zero-order valence-corrected chi connectivity index (χ0v) is 12.0. The molecule has 0 bridgehead atoms. The minimum Gasteiger partial charge on any atom is -0.342 e. The minimum absolute atomic E-state index is 0.0526. The molecule has 0 aliphatic heterocycles. The fourth-order valence-corrected chi connectivity index (χ4v) is 2.31. The molecule has 0 fully saturated rings. The highest BCUT2D eigenvalue weighted by Gasteiger charge is 2.12. The molecule has 0 unspecified atom stereocenters. The Morgan fingerprint density at radius 3 is 3.00 bits per heavy atom. The van der Waals surface area contributed by atoms with Crippen LogP contribution in [0.1, 0.15) is 23.7 Å². The molecule has 5 heteroatoms. The van der Waals surface area contributed by atoms with Crippen LogP contribution in [0.25, 0.3) is 11.0 Å². The summed E-state index contributed by atoms with van der Waals surface area (Å²) in [7, 11) is 1.83. The third-order valence-electron chi connectivity index (χ3n) is 2.66. The van der Waals surface area contributed by atoms with Gasteiger partial charge in [-0.1, -0.05) is 6.92 Å². The largest absolute Gasteiger partial charge is 0.342 e. The number of hydrogen-bond donors (Lipinski definition) is 0. The Kier molecular flexibility index (Phi) is 3.66. The van der Waals surface area contributed by atoms with Crippen LogP contribution in [0.2, 0.25) is 0 Å². The number of fused-ring (bicyclic) bond motifs is 1. The van der Waals surface area contributed by atoms with Gasteiger partial charge in [0.05, 0.1) is 33.9 Å². The number of rotatable bonds is 3. The summed E-state index contributed by atoms with van der Waals surface area (Å²) in [6, 6.07) is 5.63. The van der Waals surface area contributed by atoms with Gasteiger partial charge in [-0.3, -0.25) is 7.58 Å². The van der Waals surface area contributed by atoms with Crippen LogP contribution in [-0.2, 0) is 0 Å². The lowest BCUT2D eigenvalue weighted by Gasteiger charge is -2.15. The SMILES string of the molecule is CCCN(C)C(=O)c1ccc2c(c1)ncn2I. The van der Waals surface area contributed by atoms with Gasteiger partial charge in [-0.15, -0.1) is 0 Å². The molecule has 0 radical (unpaired) electrons. The molecule has 1 amide bonds. The van der Waals surface area contributed by atoms with Gasteiger partial charge in [-0.2, -0.15) is 0 Å². The van der Waals surface area contributed by atoms with Crippen LogP contribution >= 0.6 is 22.9 Å². The Morgan fingerprint density at radius 2 is 2.29 bits per heavy atom. The van der Waals surface area contributed by atoms with E-state index in [0.29, 0.717) is 5.56 Å². The summed E-state index contributed by atoms with van der Waals surface area (Å²) in [5, 5.41) is 0. The average molecular weight is 343 g/mol. The van der Waals surface area contributed by atoms with Crippen LogP contribution in [0.5, 0.6) is 0 Å². The van der Waals surface area contributed by atoms with Crippen LogP contribution in [0.15, 0.2) is 24.5 Å². The first-order valence-electron chi connectivity index (χ1n) is 5.52. The van der Waals surface area contributed by atoms with Crippen molar-refractivity contribution in [1.29, 1.82) is 0 Å². The molecule has 1 aromatic carbocycles. The van der Waals surface area contributed by atoms with Crippen LogP contribution < -0.4 is 0 Å². The van der Waals surface area contributed by atoms with Crippen LogP contribution in [0.4, 0.5) is 0 Å². The molecule has 17 heavy (non-hydrogen) atoms. The number of nitrogens with zero attached hydrogens (tertiary/aromatic N) is 3. The van der Waals surface area contributed by atoms with E-state index < -0.39 is 0 Å². The molecule has 1 heterocycles. The second-order valence-electron chi connectivity index (χ2n) is 3.99. The van der Waals surface area contributed by atoms with Crippen LogP contribution in [0, 0.1) is 0 Å². The quantitative estimate of drug-likeness (QED) is 0.804. The van der Waals surface area contributed by atoms with Crippen LogP contribution in [0.3, 0.4) is 0 Å². The highest BCUT2D eigenvalue weighted by atomic mass is 127. The van der Waals surface area contributed by atoms with E-state index in [9.17, 15) is 4.79 Å². The van der Waals surface area contributed by atoms with Gasteiger partial charge < -0.3 is 4.90 Å². The number of carbonyl (C=O) groups excluding carboxylic acids is 1. The van der Waals surface area contributed by atoms with E-state index in [-0.39, 0.29) is 5.91 Å². The van der Waals surface area contributed by atoms with E-state index in [1.165, 1.54) is 0 Å². The minimum atomic E-state index is 0.0526. The fourth-order valence-electron chi connectivity index (χ4n) is 1.77. The molecule has 4 nitrogen and oxygen atoms in total. The number of benzene rings is 1. The highest BCUT2D eigenvalue weighted by Crippen LogP contribution is 2.17. The Morgan fingerprint density at radius 1 is 1.53 bits per heavy atom. The maximum Gasteiger partial charge on any atom is 0.253 e. The fraction of sp³-hybridized carbons (Fsp3) is 0.333. The third-order valence-corrected chi connectivity index (χ3v) is 3.43. The van der Waals surface area contributed by atoms with Gasteiger partial charge in [-0.05, 0) is 24.6 Å². The summed E-state index contributed by atoms with van der Waals surface area (Å²) in [5.74, 6) is 0.0526. The molecule has 0 atom stereocenters. The number of halogens is 1. The molecular weight excluding hydrogens is 329 g/mol. The Bertz CT molecular complexity index is 550. The van der Waals surface area contributed by atoms with Crippen LogP contribution in [-0.4, -0.2) is 32.2 Å². The van der Waals surface area contributed by atoms with Gasteiger partial charge in [0.2, 0.25) is 0 Å². The van der Waals surface area contributed by atoms with E-state index in [2.05, 4.69) is 34.8 Å². The van der Waals surface area contributed by atoms with E-state index >= 15 is 0 Å². The molecule has 90 valence electrons. The van der Waals surface area contributed by atoms with Gasteiger partial charge in [0, 0.05) is 19.2 Å². The molecule has 2 aromatic rings. The van der Waals surface area contributed by atoms with E-state index in [0.717, 1.165) is 24.0 Å². The highest BCUT2D eigenvalue weighted by molar-refractivity contribution is 14.1. The molecule has 0 spiro atoms. The lowest BCUT2D eigenvalue weighted by atomic mass is 10.2. The zero-order chi connectivity index (χ0) is 12.4. The maximum atomic E-state index is 12.1. The second-order valence-corrected chi connectivity index (χ2v) is 5.03. The molecule has 0 N–H and O–H groups in total. The topological polar surface area (TPSA) is 38.1 Å². The maximum absolute atomic E-state index is 12.1. The number of hydrogen-bond acceptors (Lipinski definition) is 2. The van der Waals surface area contributed by atoms with Crippen molar-refractivity contribution in [2.75, 3.05) is 13.6 Å². The van der Waals surface area contributed by atoms with Gasteiger partial charge in [0.15, 0.2) is 0 Å². The van der Waals surface area contributed by atoms with Crippen molar-refractivity contribution < 1.29 is 4.79 Å². The zero-order valence-electron chi connectivity index (χ0n) is 9.85. The molecular formula is C12H14IN3O. The first-order valence-corrected chi connectivity index (χ1v) is 6.48. The van der Waals surface area contributed by atoms with Crippen molar-refractivity contribution in [3.8, 4) is 0 Å². The predicted molar refractivity (Wildman–Crippen MR) is 76.4 cm³/mol. The number of aromatic nitrogens is 2. The monoisotopic (exact) mass is 343 g/mol. The van der Waals surface area contributed by atoms with Crippen molar-refractivity contribution in [3.63, 3.8) is 0 Å². The van der Waals surface area contributed by atoms with Gasteiger partial charge in [-0.25, -0.2) is 4.98 Å². The number of amides is 1. The summed E-state index contributed by atoms with van der Waals surface area (Å²) < 4.78 is 1.91. The molecule has 0 aliphatic carbocycles. The van der Waals surface area contributed by atoms with Gasteiger partial charge in [0.1, 0.15) is 6.33 Å². The van der Waals surface area contributed by atoms with Crippen molar-refractivity contribution in [2.45, 2.75) is 13.3 Å². The normalized spacial score (nSPS) is 10.8. The first kappa shape index (κ1) is 12.3. The smallest absolute Gasteiger partial charge is 0.253 e. The predicted octanol–water partition coefficient (Wildman–Crippen LogP) is 2.72. The molecule has 0 saturated heterocycles. The Labute approximate surface area is 114 Å². The lowest BCUT2D eigenvalue weighted by molar-refractivity contribution is 0.0795. The van der Waals surface area contributed by atoms with Crippen molar-refractivity contribution >= 4 is 39.8 Å². The lowest BCUT2D eigenvalue weighted by Crippen LogP contribution is -2.27. The summed E-state index contributed by atoms with van der Waals surface area (Å²) in [6.45, 7) is 2.84. The molecule has 0 saturated carbocycles. The van der Waals surface area contributed by atoms with Gasteiger partial charge in [0.25, 0.3) is 5.91 Å². The molecule has 2 rings (SSSR count). The van der Waals surface area contributed by atoms with Gasteiger partial charge >= 0.3 is 0 Å². The standard InChI is InChI=1S/C12H14IN3O/c1-3-6-15(2)12(17)9-4-5-11-10(7-9)14-8-16(11)13/h4-5,7-8H,3,6H2,1-2H3. The average Bonchev–Trinajstić information content (AvgIpc) is 2.70. The van der Waals surface area contributed by atoms with E-state index in [4.69, 9.17) is 0 Å². The number of carbonyl (C=O) groups is 1. The van der Waals surface area contributed by atoms with E-state index in [1.54, 1.807) is 11.2 Å². The molecule has 0 aliphatic rings. The number of imidazole rings is 1.